The molecule has 35 heavy (non-hydrogen) atoms. The Bertz CT molecular complexity index is 1260. The lowest BCUT2D eigenvalue weighted by molar-refractivity contribution is -0.142. The molecule has 3 heterocycles. The van der Waals surface area contributed by atoms with Crippen molar-refractivity contribution >= 4 is 34.1 Å². The molecule has 2 aliphatic rings. The number of alkyl halides is 6. The fraction of sp³-hybridized carbons (Fsp3) is 0.375. The number of hydrogen-bond donors (Lipinski definition) is 0. The van der Waals surface area contributed by atoms with Gasteiger partial charge in [-0.05, 0) is 42.7 Å². The molecule has 0 aliphatic carbocycles. The monoisotopic (exact) mass is 534 g/mol. The number of ether oxygens (including phenoxy) is 1. The van der Waals surface area contributed by atoms with Gasteiger partial charge in [-0.2, -0.15) is 26.3 Å². The number of nitrogens with zero attached hydrogens (tertiary/aromatic N) is 2. The number of pyridine rings is 1. The predicted molar refractivity (Wildman–Crippen MR) is 119 cm³/mol. The summed E-state index contributed by atoms with van der Waals surface area (Å²) in [7, 11) is 0. The van der Waals surface area contributed by atoms with Crippen molar-refractivity contribution in [3.63, 3.8) is 0 Å². The molecule has 11 heteroatoms. The van der Waals surface area contributed by atoms with Crippen molar-refractivity contribution in [3.8, 4) is 0 Å². The predicted octanol–water partition coefficient (Wildman–Crippen LogP) is 8.20. The van der Waals surface area contributed by atoms with Crippen LogP contribution in [0, 0.1) is 0 Å². The van der Waals surface area contributed by atoms with E-state index < -0.39 is 41.5 Å². The Morgan fingerprint density at radius 3 is 2.26 bits per heavy atom. The normalized spacial score (nSPS) is 23.6. The van der Waals surface area contributed by atoms with Gasteiger partial charge in [0, 0.05) is 33.6 Å². The van der Waals surface area contributed by atoms with E-state index in [4.69, 9.17) is 27.9 Å². The SMILES string of the molecule is FC(F)(F)c1cc([C@@H]2OC(c3c(Cl)cccc3Cl)N3CCCC[C@H]23)c2cccc(C(F)(F)F)c2n1. The lowest BCUT2D eigenvalue weighted by Gasteiger charge is -2.33. The standard InChI is InChI=1S/C24H18Cl2F6N2O/c25-15-7-4-8-16(26)19(15)22-34-10-2-1-9-17(34)21(35-22)13-11-18(24(30,31)32)33-20-12(13)5-3-6-14(20)23(27,28)29/h3-8,11,17,21-22H,1-2,9-10H2/t17-,21+,22?/m1/s1. The van der Waals surface area contributed by atoms with E-state index in [9.17, 15) is 26.3 Å². The van der Waals surface area contributed by atoms with E-state index in [0.29, 0.717) is 28.6 Å². The zero-order valence-corrected chi connectivity index (χ0v) is 19.4. The maximum atomic E-state index is 13.8. The van der Waals surface area contributed by atoms with Gasteiger partial charge >= 0.3 is 12.4 Å². The maximum Gasteiger partial charge on any atom is 0.433 e. The number of fused-ring (bicyclic) bond motifs is 2. The minimum atomic E-state index is -4.95. The van der Waals surface area contributed by atoms with Crippen LogP contribution in [0.4, 0.5) is 26.3 Å². The fourth-order valence-electron chi connectivity index (χ4n) is 5.05. The van der Waals surface area contributed by atoms with Crippen LogP contribution in [0.2, 0.25) is 10.0 Å². The van der Waals surface area contributed by atoms with E-state index in [2.05, 4.69) is 4.98 Å². The van der Waals surface area contributed by atoms with Crippen molar-refractivity contribution < 1.29 is 31.1 Å². The summed E-state index contributed by atoms with van der Waals surface area (Å²) in [4.78, 5) is 5.38. The molecule has 1 aromatic heterocycles. The molecule has 0 spiro atoms. The minimum absolute atomic E-state index is 0.0102. The summed E-state index contributed by atoms with van der Waals surface area (Å²) >= 11 is 12.8. The number of aromatic nitrogens is 1. The lowest BCUT2D eigenvalue weighted by atomic mass is 9.91. The Balaban J connectivity index is 1.72. The highest BCUT2D eigenvalue weighted by molar-refractivity contribution is 6.36. The van der Waals surface area contributed by atoms with Gasteiger partial charge in [0.2, 0.25) is 0 Å². The van der Waals surface area contributed by atoms with Gasteiger partial charge < -0.3 is 4.74 Å². The fourth-order valence-corrected chi connectivity index (χ4v) is 5.63. The highest BCUT2D eigenvalue weighted by atomic mass is 35.5. The Morgan fingerprint density at radius 2 is 1.60 bits per heavy atom. The maximum absolute atomic E-state index is 13.8. The van der Waals surface area contributed by atoms with E-state index in [-0.39, 0.29) is 17.0 Å². The van der Waals surface area contributed by atoms with Gasteiger partial charge in [-0.3, -0.25) is 4.90 Å². The molecule has 0 radical (unpaired) electrons. The second kappa shape index (κ2) is 8.80. The average molecular weight is 535 g/mol. The molecule has 0 saturated carbocycles. The molecule has 3 aromatic rings. The van der Waals surface area contributed by atoms with Gasteiger partial charge in [-0.25, -0.2) is 4.98 Å². The summed E-state index contributed by atoms with van der Waals surface area (Å²) in [5.74, 6) is 0. The molecule has 1 unspecified atom stereocenters. The first kappa shape index (κ1) is 24.6. The van der Waals surface area contributed by atoms with Crippen molar-refractivity contribution in [1.82, 2.24) is 9.88 Å². The first-order valence-electron chi connectivity index (χ1n) is 10.9. The van der Waals surface area contributed by atoms with Crippen LogP contribution < -0.4 is 0 Å². The highest BCUT2D eigenvalue weighted by Gasteiger charge is 2.47. The van der Waals surface area contributed by atoms with E-state index in [1.165, 1.54) is 12.1 Å². The van der Waals surface area contributed by atoms with Crippen molar-refractivity contribution in [2.24, 2.45) is 0 Å². The van der Waals surface area contributed by atoms with Crippen LogP contribution in [-0.2, 0) is 17.1 Å². The summed E-state index contributed by atoms with van der Waals surface area (Å²) in [6.07, 6.45) is -9.31. The Hall–Kier alpha value is -2.07. The molecule has 3 atom stereocenters. The molecule has 2 aromatic carbocycles. The zero-order chi connectivity index (χ0) is 25.1. The van der Waals surface area contributed by atoms with Crippen molar-refractivity contribution in [2.45, 2.75) is 50.0 Å². The van der Waals surface area contributed by atoms with Crippen LogP contribution in [-0.4, -0.2) is 22.5 Å². The number of benzene rings is 2. The molecule has 5 rings (SSSR count). The highest BCUT2D eigenvalue weighted by Crippen LogP contribution is 2.51. The molecule has 3 nitrogen and oxygen atoms in total. The van der Waals surface area contributed by atoms with Gasteiger partial charge in [-0.1, -0.05) is 47.8 Å². The molecular weight excluding hydrogens is 517 g/mol. The topological polar surface area (TPSA) is 25.4 Å². The van der Waals surface area contributed by atoms with Crippen LogP contribution in [0.15, 0.2) is 42.5 Å². The second-order valence-electron chi connectivity index (χ2n) is 8.64. The summed E-state index contributed by atoms with van der Waals surface area (Å²) in [5, 5.41) is 0.638. The van der Waals surface area contributed by atoms with Gasteiger partial charge in [0.05, 0.1) is 11.1 Å². The largest absolute Gasteiger partial charge is 0.433 e. The summed E-state index contributed by atoms with van der Waals surface area (Å²) < 4.78 is 88.7. The summed E-state index contributed by atoms with van der Waals surface area (Å²) in [6, 6.07) is 8.61. The Morgan fingerprint density at radius 1 is 0.914 bits per heavy atom. The molecule has 2 fully saturated rings. The van der Waals surface area contributed by atoms with Crippen molar-refractivity contribution in [1.29, 1.82) is 0 Å². The average Bonchev–Trinajstić information content (AvgIpc) is 3.16. The van der Waals surface area contributed by atoms with Crippen LogP contribution in [0.5, 0.6) is 0 Å². The Kier molecular flexibility index (Phi) is 6.19. The molecule has 2 aliphatic heterocycles. The molecule has 186 valence electrons. The molecular formula is C24H18Cl2F6N2O. The second-order valence-corrected chi connectivity index (χ2v) is 9.45. The molecule has 0 amide bonds. The number of hydrogen-bond acceptors (Lipinski definition) is 3. The first-order valence-corrected chi connectivity index (χ1v) is 11.7. The van der Waals surface area contributed by atoms with E-state index in [1.807, 2.05) is 4.90 Å². The number of halogens is 8. The van der Waals surface area contributed by atoms with Crippen LogP contribution in [0.3, 0.4) is 0 Å². The van der Waals surface area contributed by atoms with Crippen molar-refractivity contribution in [3.05, 3.63) is 74.9 Å². The van der Waals surface area contributed by atoms with Crippen molar-refractivity contribution in [2.75, 3.05) is 6.54 Å². The third kappa shape index (κ3) is 4.37. The third-order valence-electron chi connectivity index (χ3n) is 6.54. The summed E-state index contributed by atoms with van der Waals surface area (Å²) in [6.45, 7) is 0.580. The minimum Gasteiger partial charge on any atom is -0.349 e. The Labute approximate surface area is 206 Å². The van der Waals surface area contributed by atoms with Crippen LogP contribution >= 0.6 is 23.2 Å². The lowest BCUT2D eigenvalue weighted by Crippen LogP contribution is -2.38. The molecule has 0 bridgehead atoms. The number of para-hydroxylation sites is 1. The third-order valence-corrected chi connectivity index (χ3v) is 7.20. The summed E-state index contributed by atoms with van der Waals surface area (Å²) in [5.41, 5.74) is -2.89. The van der Waals surface area contributed by atoms with Gasteiger partial charge in [-0.15, -0.1) is 0 Å². The van der Waals surface area contributed by atoms with E-state index >= 15 is 0 Å². The van der Waals surface area contributed by atoms with Crippen LogP contribution in [0.25, 0.3) is 10.9 Å². The van der Waals surface area contributed by atoms with Gasteiger partial charge in [0.15, 0.2) is 0 Å². The number of piperidine rings is 1. The smallest absolute Gasteiger partial charge is 0.349 e. The quantitative estimate of drug-likeness (QED) is 0.310. The van der Waals surface area contributed by atoms with Crippen LogP contribution in [0.1, 0.15) is 54.0 Å². The first-order chi connectivity index (χ1) is 16.5. The zero-order valence-electron chi connectivity index (χ0n) is 17.9. The van der Waals surface area contributed by atoms with Gasteiger partial charge in [0.1, 0.15) is 18.0 Å². The van der Waals surface area contributed by atoms with E-state index in [1.54, 1.807) is 18.2 Å². The molecule has 0 N–H and O–H groups in total. The number of rotatable bonds is 2. The molecule has 2 saturated heterocycles. The van der Waals surface area contributed by atoms with E-state index in [0.717, 1.165) is 25.0 Å². The van der Waals surface area contributed by atoms with Gasteiger partial charge in [0.25, 0.3) is 0 Å².